The summed E-state index contributed by atoms with van der Waals surface area (Å²) in [6.45, 7) is -0.163. The maximum absolute atomic E-state index is 13.1. The number of imide groups is 1. The number of aromatic carboxylic acids is 2. The van der Waals surface area contributed by atoms with Crippen molar-refractivity contribution in [1.82, 2.24) is 4.90 Å². The van der Waals surface area contributed by atoms with E-state index in [1.54, 1.807) is 6.07 Å². The molecule has 0 aliphatic carbocycles. The van der Waals surface area contributed by atoms with Gasteiger partial charge in [-0.2, -0.15) is 0 Å². The molecule has 0 aromatic heterocycles. The van der Waals surface area contributed by atoms with E-state index in [1.807, 2.05) is 30.3 Å². The Hall–Kier alpha value is -4.79. The smallest absolute Gasteiger partial charge is 0.335 e. The number of carbonyl (C=O) groups excluding carboxylic acids is 3. The van der Waals surface area contributed by atoms with Crippen LogP contribution >= 0.6 is 0 Å². The largest absolute Gasteiger partial charge is 0.478 e. The van der Waals surface area contributed by atoms with E-state index in [2.05, 4.69) is 0 Å². The zero-order chi connectivity index (χ0) is 26.5. The highest BCUT2D eigenvalue weighted by atomic mass is 16.5. The van der Waals surface area contributed by atoms with E-state index in [0.717, 1.165) is 10.5 Å². The van der Waals surface area contributed by atoms with Gasteiger partial charge in [0, 0.05) is 0 Å². The Bertz CT molecular complexity index is 1350. The lowest BCUT2D eigenvalue weighted by Gasteiger charge is -2.44. The summed E-state index contributed by atoms with van der Waals surface area (Å²) >= 11 is 0. The fourth-order valence-corrected chi connectivity index (χ4v) is 4.22. The van der Waals surface area contributed by atoms with Crippen LogP contribution in [0.5, 0.6) is 0 Å². The maximum atomic E-state index is 13.1. The number of nitrogens with zero attached hydrogens (tertiary/aromatic N) is 1. The molecular weight excluding hydrogens is 478 g/mol. The number of esters is 1. The van der Waals surface area contributed by atoms with Crippen LogP contribution in [0.15, 0.2) is 78.9 Å². The predicted octanol–water partition coefficient (Wildman–Crippen LogP) is 2.97. The van der Waals surface area contributed by atoms with E-state index < -0.39 is 41.7 Å². The zero-order valence-electron chi connectivity index (χ0n) is 19.6. The molecule has 37 heavy (non-hydrogen) atoms. The van der Waals surface area contributed by atoms with Crippen LogP contribution < -0.4 is 0 Å². The standard InChI is InChI=1S/C28H23NO8/c30-23(15-19-7-4-8-21(13-19)27(34)35)29-24(22(25(29)31)14-17-5-2-1-3-6-17)28(36)37-16-18-9-11-20(12-10-18)26(32)33/h1-13,22,24H,14-16H2,(H,32,33)(H,34,35)/t22-,24-/m0/s1. The first-order chi connectivity index (χ1) is 17.7. The average Bonchev–Trinajstić information content (AvgIpc) is 2.89. The summed E-state index contributed by atoms with van der Waals surface area (Å²) in [4.78, 5) is 62.3. The summed E-state index contributed by atoms with van der Waals surface area (Å²) in [7, 11) is 0. The molecule has 0 spiro atoms. The van der Waals surface area contributed by atoms with E-state index in [4.69, 9.17) is 9.84 Å². The molecule has 2 N–H and O–H groups in total. The van der Waals surface area contributed by atoms with Crippen LogP contribution in [0.3, 0.4) is 0 Å². The number of ether oxygens (including phenoxy) is 1. The molecule has 0 unspecified atom stereocenters. The van der Waals surface area contributed by atoms with Crippen LogP contribution in [0.25, 0.3) is 0 Å². The summed E-state index contributed by atoms with van der Waals surface area (Å²) < 4.78 is 5.42. The third-order valence-corrected chi connectivity index (χ3v) is 6.13. The van der Waals surface area contributed by atoms with Gasteiger partial charge in [0.05, 0.1) is 23.5 Å². The lowest BCUT2D eigenvalue weighted by atomic mass is 9.81. The molecule has 1 saturated heterocycles. The first-order valence-corrected chi connectivity index (χ1v) is 11.5. The van der Waals surface area contributed by atoms with Crippen LogP contribution in [0.1, 0.15) is 37.4 Å². The highest BCUT2D eigenvalue weighted by Gasteiger charge is 2.54. The van der Waals surface area contributed by atoms with E-state index in [-0.39, 0.29) is 30.6 Å². The first kappa shape index (κ1) is 25.3. The fraction of sp³-hybridized carbons (Fsp3) is 0.179. The number of carboxylic acid groups (broad SMARTS) is 2. The van der Waals surface area contributed by atoms with Crippen LogP contribution in [0.4, 0.5) is 0 Å². The Labute approximate surface area is 211 Å². The molecule has 0 saturated carbocycles. The minimum absolute atomic E-state index is 0.00654. The van der Waals surface area contributed by atoms with Gasteiger partial charge >= 0.3 is 17.9 Å². The van der Waals surface area contributed by atoms with Crippen molar-refractivity contribution >= 4 is 29.7 Å². The van der Waals surface area contributed by atoms with Gasteiger partial charge in [0.1, 0.15) is 12.6 Å². The van der Waals surface area contributed by atoms with Crippen LogP contribution in [-0.4, -0.2) is 50.9 Å². The normalized spacial score (nSPS) is 16.5. The Morgan fingerprint density at radius 1 is 0.757 bits per heavy atom. The van der Waals surface area contributed by atoms with Gasteiger partial charge in [-0.05, 0) is 47.4 Å². The van der Waals surface area contributed by atoms with E-state index in [1.165, 1.54) is 42.5 Å². The van der Waals surface area contributed by atoms with Crippen molar-refractivity contribution in [3.63, 3.8) is 0 Å². The van der Waals surface area contributed by atoms with Crippen molar-refractivity contribution in [1.29, 1.82) is 0 Å². The fourth-order valence-electron chi connectivity index (χ4n) is 4.22. The highest BCUT2D eigenvalue weighted by molar-refractivity contribution is 6.08. The first-order valence-electron chi connectivity index (χ1n) is 11.5. The monoisotopic (exact) mass is 501 g/mol. The number of amides is 2. The zero-order valence-corrected chi connectivity index (χ0v) is 19.6. The summed E-state index contributed by atoms with van der Waals surface area (Å²) in [5.74, 6) is -4.91. The van der Waals surface area contributed by atoms with Gasteiger partial charge in [0.25, 0.3) is 0 Å². The maximum Gasteiger partial charge on any atom is 0.335 e. The second-order valence-electron chi connectivity index (χ2n) is 8.64. The Morgan fingerprint density at radius 3 is 2.05 bits per heavy atom. The minimum Gasteiger partial charge on any atom is -0.478 e. The van der Waals surface area contributed by atoms with Crippen molar-refractivity contribution in [2.45, 2.75) is 25.5 Å². The number of likely N-dealkylation sites (tertiary alicyclic amines) is 1. The molecular formula is C28H23NO8. The molecule has 1 aliphatic heterocycles. The minimum atomic E-state index is -1.14. The second-order valence-corrected chi connectivity index (χ2v) is 8.64. The van der Waals surface area contributed by atoms with Crippen LogP contribution in [0.2, 0.25) is 0 Å². The molecule has 1 aliphatic rings. The third kappa shape index (κ3) is 5.72. The number of rotatable bonds is 9. The van der Waals surface area contributed by atoms with Gasteiger partial charge < -0.3 is 14.9 Å². The van der Waals surface area contributed by atoms with Crippen molar-refractivity contribution in [2.75, 3.05) is 0 Å². The van der Waals surface area contributed by atoms with Crippen molar-refractivity contribution in [3.05, 3.63) is 107 Å². The summed E-state index contributed by atoms with van der Waals surface area (Å²) in [6, 6.07) is 19.6. The van der Waals surface area contributed by atoms with Crippen molar-refractivity contribution in [3.8, 4) is 0 Å². The molecule has 3 aromatic carbocycles. The SMILES string of the molecule is O=C(O)c1ccc(COC(=O)[C@@H]2[C@H](Cc3ccccc3)C(=O)N2C(=O)Cc2cccc(C(=O)O)c2)cc1. The van der Waals surface area contributed by atoms with Gasteiger partial charge in [0.15, 0.2) is 0 Å². The number of hydrogen-bond acceptors (Lipinski definition) is 6. The Balaban J connectivity index is 1.51. The van der Waals surface area contributed by atoms with Crippen LogP contribution in [0, 0.1) is 5.92 Å². The van der Waals surface area contributed by atoms with E-state index in [0.29, 0.717) is 11.1 Å². The third-order valence-electron chi connectivity index (χ3n) is 6.13. The quantitative estimate of drug-likeness (QED) is 0.337. The molecule has 1 fully saturated rings. The van der Waals surface area contributed by atoms with Gasteiger partial charge in [-0.15, -0.1) is 0 Å². The van der Waals surface area contributed by atoms with Crippen molar-refractivity contribution < 1.29 is 38.9 Å². The highest BCUT2D eigenvalue weighted by Crippen LogP contribution is 2.32. The number of carbonyl (C=O) groups is 5. The van der Waals surface area contributed by atoms with Gasteiger partial charge in [-0.25, -0.2) is 14.4 Å². The van der Waals surface area contributed by atoms with Crippen LogP contribution in [-0.2, 0) is 38.6 Å². The number of β-lactam (4-membered cyclic amide) rings is 1. The second kappa shape index (κ2) is 10.9. The summed E-state index contributed by atoms with van der Waals surface area (Å²) in [6.07, 6.45) is -0.0175. The molecule has 2 amide bonds. The molecule has 188 valence electrons. The molecule has 4 rings (SSSR count). The van der Waals surface area contributed by atoms with Crippen molar-refractivity contribution in [2.24, 2.45) is 5.92 Å². The number of hydrogen-bond donors (Lipinski definition) is 2. The molecule has 9 heteroatoms. The molecule has 2 atom stereocenters. The molecule has 1 heterocycles. The van der Waals surface area contributed by atoms with Gasteiger partial charge in [-0.1, -0.05) is 54.6 Å². The summed E-state index contributed by atoms with van der Waals surface area (Å²) in [5, 5.41) is 18.2. The topological polar surface area (TPSA) is 138 Å². The predicted molar refractivity (Wildman–Crippen MR) is 130 cm³/mol. The van der Waals surface area contributed by atoms with E-state index in [9.17, 15) is 29.1 Å². The lowest BCUT2D eigenvalue weighted by molar-refractivity contribution is -0.180. The molecule has 9 nitrogen and oxygen atoms in total. The Morgan fingerprint density at radius 2 is 1.41 bits per heavy atom. The van der Waals surface area contributed by atoms with Gasteiger partial charge in [0.2, 0.25) is 11.8 Å². The summed E-state index contributed by atoms with van der Waals surface area (Å²) in [5.41, 5.74) is 1.87. The molecule has 0 bridgehead atoms. The molecule has 3 aromatic rings. The van der Waals surface area contributed by atoms with Gasteiger partial charge in [-0.3, -0.25) is 14.5 Å². The lowest BCUT2D eigenvalue weighted by Crippen LogP contribution is -2.67. The number of carboxylic acids is 2. The number of benzene rings is 3. The Kier molecular flexibility index (Phi) is 7.43. The average molecular weight is 501 g/mol. The van der Waals surface area contributed by atoms with E-state index >= 15 is 0 Å². The molecule has 0 radical (unpaired) electrons.